The summed E-state index contributed by atoms with van der Waals surface area (Å²) < 4.78 is 5.15. The molecule has 0 rings (SSSR count). The minimum Gasteiger partial charge on any atom is -0.418 e. The van der Waals surface area contributed by atoms with Crippen molar-refractivity contribution in [1.82, 2.24) is 4.90 Å². The van der Waals surface area contributed by atoms with E-state index in [0.29, 0.717) is 6.42 Å². The van der Waals surface area contributed by atoms with Crippen molar-refractivity contribution in [2.24, 2.45) is 5.92 Å². The smallest absolute Gasteiger partial charge is 0.415 e. The number of nitrogens with zero attached hydrogens (tertiary/aromatic N) is 1. The van der Waals surface area contributed by atoms with E-state index in [1.54, 1.807) is 11.0 Å². The molecule has 0 heterocycles. The van der Waals surface area contributed by atoms with Crippen LogP contribution in [0.5, 0.6) is 0 Å². The molecular weight excluding hydrogens is 266 g/mol. The van der Waals surface area contributed by atoms with Crippen molar-refractivity contribution in [3.63, 3.8) is 0 Å². The summed E-state index contributed by atoms with van der Waals surface area (Å²) in [5.41, 5.74) is 1.18. The van der Waals surface area contributed by atoms with Gasteiger partial charge in [-0.1, -0.05) is 18.6 Å². The molecule has 0 saturated heterocycles. The second kappa shape index (κ2) is 9.61. The fourth-order valence-corrected chi connectivity index (χ4v) is 2.00. The zero-order valence-corrected chi connectivity index (χ0v) is 14.5. The van der Waals surface area contributed by atoms with E-state index in [9.17, 15) is 9.90 Å². The molecule has 0 aliphatic rings. The molecule has 0 aromatic rings. The lowest BCUT2D eigenvalue weighted by Gasteiger charge is -2.29. The van der Waals surface area contributed by atoms with Gasteiger partial charge in [-0.3, -0.25) is 0 Å². The van der Waals surface area contributed by atoms with Crippen molar-refractivity contribution >= 4 is 6.09 Å². The van der Waals surface area contributed by atoms with Gasteiger partial charge in [-0.05, 0) is 54.0 Å². The van der Waals surface area contributed by atoms with Gasteiger partial charge in [-0.25, -0.2) is 4.79 Å². The first-order valence-electron chi connectivity index (χ1n) is 7.63. The second-order valence-electron chi connectivity index (χ2n) is 6.25. The van der Waals surface area contributed by atoms with Crippen molar-refractivity contribution in [2.75, 3.05) is 0 Å². The second-order valence-corrected chi connectivity index (χ2v) is 6.25. The zero-order valence-electron chi connectivity index (χ0n) is 14.5. The maximum absolute atomic E-state index is 12.0. The van der Waals surface area contributed by atoms with E-state index in [1.165, 1.54) is 11.8 Å². The molecule has 0 radical (unpaired) electrons. The molecule has 4 heteroatoms. The Hall–Kier alpha value is -1.29. The van der Waals surface area contributed by atoms with Crippen LogP contribution < -0.4 is 0 Å². The molecule has 1 amide bonds. The van der Waals surface area contributed by atoms with Gasteiger partial charge in [-0.2, -0.15) is 0 Å². The van der Waals surface area contributed by atoms with Gasteiger partial charge in [0.1, 0.15) is 0 Å². The maximum Gasteiger partial charge on any atom is 0.415 e. The summed E-state index contributed by atoms with van der Waals surface area (Å²) in [7, 11) is 0. The van der Waals surface area contributed by atoms with Crippen LogP contribution in [0.15, 0.2) is 24.0 Å². The standard InChI is InChI=1S/C17H31NO3/c1-12(2)8-9-16(19)15(7)10-11-21-17(20)18(13(3)4)14(5)6/h8,10-11,13-16,19H,9H2,1-7H3/b11-10-/t15-,16+/m0/s1. The van der Waals surface area contributed by atoms with Crippen LogP contribution >= 0.6 is 0 Å². The maximum atomic E-state index is 12.0. The van der Waals surface area contributed by atoms with Gasteiger partial charge in [0.25, 0.3) is 0 Å². The third kappa shape index (κ3) is 7.90. The number of hydrogen-bond acceptors (Lipinski definition) is 3. The highest BCUT2D eigenvalue weighted by molar-refractivity contribution is 5.68. The molecule has 0 fully saturated rings. The average Bonchev–Trinajstić information content (AvgIpc) is 2.34. The summed E-state index contributed by atoms with van der Waals surface area (Å²) in [6.45, 7) is 13.7. The highest BCUT2D eigenvalue weighted by atomic mass is 16.5. The summed E-state index contributed by atoms with van der Waals surface area (Å²) in [5.74, 6) is -0.0695. The Morgan fingerprint density at radius 1 is 1.14 bits per heavy atom. The molecule has 0 aliphatic carbocycles. The van der Waals surface area contributed by atoms with Crippen LogP contribution in [0.25, 0.3) is 0 Å². The molecule has 0 unspecified atom stereocenters. The minimum absolute atomic E-state index is 0.0695. The van der Waals surface area contributed by atoms with Crippen molar-refractivity contribution < 1.29 is 14.6 Å². The predicted molar refractivity (Wildman–Crippen MR) is 87.0 cm³/mol. The molecule has 0 saturated carbocycles. The third-order valence-corrected chi connectivity index (χ3v) is 3.25. The number of rotatable bonds is 7. The molecule has 0 bridgehead atoms. The zero-order chi connectivity index (χ0) is 16.6. The molecule has 122 valence electrons. The highest BCUT2D eigenvalue weighted by Gasteiger charge is 2.20. The van der Waals surface area contributed by atoms with Crippen LogP contribution in [-0.4, -0.2) is 34.3 Å². The number of amides is 1. The van der Waals surface area contributed by atoms with Crippen LogP contribution in [0.2, 0.25) is 0 Å². The first kappa shape index (κ1) is 19.7. The van der Waals surface area contributed by atoms with E-state index in [1.807, 2.05) is 54.5 Å². The lowest BCUT2D eigenvalue weighted by atomic mass is 10.0. The van der Waals surface area contributed by atoms with E-state index in [2.05, 4.69) is 0 Å². The number of hydrogen-bond donors (Lipinski definition) is 1. The van der Waals surface area contributed by atoms with Gasteiger partial charge >= 0.3 is 6.09 Å². The number of carbonyl (C=O) groups is 1. The Morgan fingerprint density at radius 3 is 2.10 bits per heavy atom. The Balaban J connectivity index is 4.43. The van der Waals surface area contributed by atoms with Crippen LogP contribution in [0.4, 0.5) is 4.79 Å². The number of ether oxygens (including phenoxy) is 1. The minimum atomic E-state index is -0.471. The Labute approximate surface area is 129 Å². The summed E-state index contributed by atoms with van der Waals surface area (Å²) in [6.07, 6.45) is 4.88. The predicted octanol–water partition coefficient (Wildman–Crippen LogP) is 4.11. The lowest BCUT2D eigenvalue weighted by Crippen LogP contribution is -2.41. The van der Waals surface area contributed by atoms with Crippen molar-refractivity contribution in [3.05, 3.63) is 24.0 Å². The first-order chi connectivity index (χ1) is 9.66. The molecule has 21 heavy (non-hydrogen) atoms. The molecule has 0 spiro atoms. The van der Waals surface area contributed by atoms with Crippen LogP contribution in [0.3, 0.4) is 0 Å². The molecule has 0 aromatic carbocycles. The molecular formula is C17H31NO3. The lowest BCUT2D eigenvalue weighted by molar-refractivity contribution is 0.107. The fourth-order valence-electron chi connectivity index (χ4n) is 2.00. The van der Waals surface area contributed by atoms with Gasteiger partial charge in [0.05, 0.1) is 12.4 Å². The van der Waals surface area contributed by atoms with Crippen LogP contribution in [0, 0.1) is 5.92 Å². The number of carbonyl (C=O) groups excluding carboxylic acids is 1. The van der Waals surface area contributed by atoms with Crippen molar-refractivity contribution in [2.45, 2.75) is 73.1 Å². The monoisotopic (exact) mass is 297 g/mol. The topological polar surface area (TPSA) is 49.8 Å². The molecule has 0 aromatic heterocycles. The summed E-state index contributed by atoms with van der Waals surface area (Å²) in [5, 5.41) is 9.97. The van der Waals surface area contributed by atoms with Crippen LogP contribution in [0.1, 0.15) is 54.9 Å². The molecule has 0 aliphatic heterocycles. The van der Waals surface area contributed by atoms with Gasteiger partial charge in [0.2, 0.25) is 0 Å². The Bertz CT molecular complexity index is 360. The Morgan fingerprint density at radius 2 is 1.67 bits per heavy atom. The van der Waals surface area contributed by atoms with Crippen molar-refractivity contribution in [3.8, 4) is 0 Å². The number of allylic oxidation sites excluding steroid dienone is 1. The largest absolute Gasteiger partial charge is 0.418 e. The van der Waals surface area contributed by atoms with Gasteiger partial charge in [-0.15, -0.1) is 0 Å². The Kier molecular flexibility index (Phi) is 9.02. The van der Waals surface area contributed by atoms with Crippen LogP contribution in [-0.2, 0) is 4.74 Å². The van der Waals surface area contributed by atoms with E-state index < -0.39 is 6.10 Å². The average molecular weight is 297 g/mol. The van der Waals surface area contributed by atoms with E-state index in [0.717, 1.165) is 0 Å². The normalized spacial score (nSPS) is 14.4. The van der Waals surface area contributed by atoms with Gasteiger partial charge < -0.3 is 14.7 Å². The SMILES string of the molecule is CC(C)=CC[C@@H](O)[C@@H](C)/C=C\OC(=O)N(C(C)C)C(C)C. The summed E-state index contributed by atoms with van der Waals surface area (Å²) in [4.78, 5) is 13.6. The van der Waals surface area contributed by atoms with Crippen molar-refractivity contribution in [1.29, 1.82) is 0 Å². The number of aliphatic hydroxyl groups excluding tert-OH is 1. The quantitative estimate of drug-likeness (QED) is 0.568. The first-order valence-corrected chi connectivity index (χ1v) is 7.63. The third-order valence-electron chi connectivity index (χ3n) is 3.25. The molecule has 2 atom stereocenters. The fraction of sp³-hybridized carbons (Fsp3) is 0.706. The summed E-state index contributed by atoms with van der Waals surface area (Å²) >= 11 is 0. The molecule has 4 nitrogen and oxygen atoms in total. The highest BCUT2D eigenvalue weighted by Crippen LogP contribution is 2.12. The summed E-state index contributed by atoms with van der Waals surface area (Å²) in [6, 6.07) is 0.179. The molecule has 1 N–H and O–H groups in total. The van der Waals surface area contributed by atoms with Gasteiger partial charge in [0, 0.05) is 18.0 Å². The number of aliphatic hydroxyl groups is 1. The van der Waals surface area contributed by atoms with E-state index >= 15 is 0 Å². The van der Waals surface area contributed by atoms with E-state index in [4.69, 9.17) is 4.74 Å². The van der Waals surface area contributed by atoms with Gasteiger partial charge in [0.15, 0.2) is 0 Å². The van der Waals surface area contributed by atoms with E-state index in [-0.39, 0.29) is 24.1 Å².